The molecule has 0 unspecified atom stereocenters. The van der Waals surface area contributed by atoms with Gasteiger partial charge in [0.2, 0.25) is 5.88 Å². The first-order valence-electron chi connectivity index (χ1n) is 8.05. The Hall–Kier alpha value is -3.46. The van der Waals surface area contributed by atoms with Crippen molar-refractivity contribution in [2.45, 2.75) is 0 Å². The van der Waals surface area contributed by atoms with Crippen LogP contribution in [0, 0.1) is 10.6 Å². The monoisotopic (exact) mass is 401 g/mol. The third kappa shape index (κ3) is 3.79. The number of halogens is 1. The molecule has 0 saturated heterocycles. The largest absolute Gasteiger partial charge is 0.497 e. The van der Waals surface area contributed by atoms with E-state index in [9.17, 15) is 14.3 Å². The summed E-state index contributed by atoms with van der Waals surface area (Å²) in [6.07, 6.45) is 1.16. The zero-order chi connectivity index (χ0) is 20.3. The number of hydrogen-bond acceptors (Lipinski definition) is 6. The first-order valence-corrected chi connectivity index (χ1v) is 8.45. The van der Waals surface area contributed by atoms with Crippen LogP contribution in [0.5, 0.6) is 17.4 Å². The fourth-order valence-corrected chi connectivity index (χ4v) is 2.80. The molecular formula is C19H16FN3O4S. The van der Waals surface area contributed by atoms with E-state index in [0.29, 0.717) is 17.2 Å². The highest BCUT2D eigenvalue weighted by Gasteiger charge is 2.15. The van der Waals surface area contributed by atoms with Crippen LogP contribution in [0.25, 0.3) is 5.69 Å². The number of para-hydroxylation sites is 1. The van der Waals surface area contributed by atoms with E-state index >= 15 is 0 Å². The summed E-state index contributed by atoms with van der Waals surface area (Å²) in [4.78, 5) is 18.9. The summed E-state index contributed by atoms with van der Waals surface area (Å²) in [6.45, 7) is 0. The van der Waals surface area contributed by atoms with Crippen molar-refractivity contribution in [3.63, 3.8) is 0 Å². The molecule has 0 saturated carbocycles. The summed E-state index contributed by atoms with van der Waals surface area (Å²) in [5, 5.41) is 10.6. The van der Waals surface area contributed by atoms with Crippen LogP contribution in [0.15, 0.2) is 52.3 Å². The minimum Gasteiger partial charge on any atom is -0.497 e. The third-order valence-electron chi connectivity index (χ3n) is 3.89. The maximum absolute atomic E-state index is 14.2. The Balaban J connectivity index is 2.13. The first kappa shape index (κ1) is 19.3. The Bertz CT molecular complexity index is 1150. The molecule has 9 heteroatoms. The van der Waals surface area contributed by atoms with E-state index in [2.05, 4.69) is 9.98 Å². The van der Waals surface area contributed by atoms with E-state index < -0.39 is 17.3 Å². The van der Waals surface area contributed by atoms with Crippen LogP contribution in [-0.2, 0) is 0 Å². The summed E-state index contributed by atoms with van der Waals surface area (Å²) in [5.74, 6) is -0.127. The predicted molar refractivity (Wildman–Crippen MR) is 106 cm³/mol. The van der Waals surface area contributed by atoms with E-state index in [1.54, 1.807) is 24.3 Å². The van der Waals surface area contributed by atoms with Crippen molar-refractivity contribution in [2.75, 3.05) is 14.2 Å². The van der Waals surface area contributed by atoms with Crippen LogP contribution >= 0.6 is 12.2 Å². The van der Waals surface area contributed by atoms with Crippen molar-refractivity contribution >= 4 is 24.1 Å². The number of aliphatic imine (C=N–C) groups is 1. The molecule has 3 aromatic rings. The van der Waals surface area contributed by atoms with Crippen molar-refractivity contribution in [1.29, 1.82) is 0 Å². The Labute approximate surface area is 164 Å². The van der Waals surface area contributed by atoms with Gasteiger partial charge in [-0.15, -0.1) is 0 Å². The Morgan fingerprint density at radius 1 is 1.18 bits per heavy atom. The Morgan fingerprint density at radius 2 is 1.82 bits per heavy atom. The SMILES string of the molecule is COc1cc(N=Cc2c(O)n(-c3ccccc3F)c(=S)[nH]c2=O)cc(OC)c1. The number of H-pyrrole nitrogens is 1. The van der Waals surface area contributed by atoms with E-state index in [4.69, 9.17) is 21.7 Å². The summed E-state index contributed by atoms with van der Waals surface area (Å²) < 4.78 is 25.4. The third-order valence-corrected chi connectivity index (χ3v) is 4.18. The van der Waals surface area contributed by atoms with Gasteiger partial charge in [-0.1, -0.05) is 12.1 Å². The number of aromatic nitrogens is 2. The molecule has 1 aromatic heterocycles. The van der Waals surface area contributed by atoms with Crippen molar-refractivity contribution in [3.8, 4) is 23.1 Å². The molecule has 0 amide bonds. The number of aromatic amines is 1. The predicted octanol–water partition coefficient (Wildman–Crippen LogP) is 3.51. The van der Waals surface area contributed by atoms with Crippen LogP contribution < -0.4 is 15.0 Å². The molecule has 0 radical (unpaired) electrons. The zero-order valence-corrected chi connectivity index (χ0v) is 15.8. The van der Waals surface area contributed by atoms with E-state index in [1.807, 2.05) is 0 Å². The zero-order valence-electron chi connectivity index (χ0n) is 15.0. The van der Waals surface area contributed by atoms with E-state index in [0.717, 1.165) is 10.8 Å². The van der Waals surface area contributed by atoms with Crippen molar-refractivity contribution in [2.24, 2.45) is 4.99 Å². The number of rotatable bonds is 5. The van der Waals surface area contributed by atoms with E-state index in [1.165, 1.54) is 32.4 Å². The van der Waals surface area contributed by atoms with E-state index in [-0.39, 0.29) is 16.0 Å². The molecule has 0 fully saturated rings. The van der Waals surface area contributed by atoms with Gasteiger partial charge in [0.1, 0.15) is 22.9 Å². The highest BCUT2D eigenvalue weighted by molar-refractivity contribution is 7.71. The lowest BCUT2D eigenvalue weighted by atomic mass is 10.2. The number of hydrogen-bond donors (Lipinski definition) is 2. The van der Waals surface area contributed by atoms with Gasteiger partial charge in [-0.25, -0.2) is 4.39 Å². The average molecular weight is 401 g/mol. The maximum Gasteiger partial charge on any atom is 0.264 e. The average Bonchev–Trinajstić information content (AvgIpc) is 2.68. The number of aromatic hydroxyl groups is 1. The molecule has 1 heterocycles. The molecule has 0 bridgehead atoms. The Morgan fingerprint density at radius 3 is 2.43 bits per heavy atom. The quantitative estimate of drug-likeness (QED) is 0.505. The molecular weight excluding hydrogens is 385 g/mol. The van der Waals surface area contributed by atoms with Gasteiger partial charge in [0.05, 0.1) is 25.6 Å². The molecule has 0 aliphatic heterocycles. The highest BCUT2D eigenvalue weighted by atomic mass is 32.1. The van der Waals surface area contributed by atoms with Gasteiger partial charge in [-0.05, 0) is 24.4 Å². The van der Waals surface area contributed by atoms with Crippen LogP contribution in [-0.4, -0.2) is 35.1 Å². The standard InChI is InChI=1S/C19H16FN3O4S/c1-26-12-7-11(8-13(9-12)27-2)21-10-14-17(24)22-19(28)23(18(14)25)16-6-4-3-5-15(16)20/h3-10,25H,1-2H3,(H,22,24,28). The van der Waals surface area contributed by atoms with Crippen LogP contribution in [0.3, 0.4) is 0 Å². The van der Waals surface area contributed by atoms with Gasteiger partial charge in [-0.2, -0.15) is 0 Å². The highest BCUT2D eigenvalue weighted by Crippen LogP contribution is 2.28. The molecule has 144 valence electrons. The first-order chi connectivity index (χ1) is 13.4. The minimum absolute atomic E-state index is 0.000973. The molecule has 0 aliphatic rings. The number of ether oxygens (including phenoxy) is 2. The molecule has 28 heavy (non-hydrogen) atoms. The lowest BCUT2D eigenvalue weighted by molar-refractivity contribution is 0.394. The molecule has 2 N–H and O–H groups in total. The van der Waals surface area contributed by atoms with Gasteiger partial charge in [0.15, 0.2) is 4.77 Å². The summed E-state index contributed by atoms with van der Waals surface area (Å²) in [7, 11) is 3.00. The fourth-order valence-electron chi connectivity index (χ4n) is 2.52. The minimum atomic E-state index is -0.659. The van der Waals surface area contributed by atoms with Gasteiger partial charge in [-0.3, -0.25) is 19.3 Å². The summed E-state index contributed by atoms with van der Waals surface area (Å²) in [6, 6.07) is 10.6. The normalized spacial score (nSPS) is 11.0. The second-order valence-electron chi connectivity index (χ2n) is 5.61. The smallest absolute Gasteiger partial charge is 0.264 e. The topological polar surface area (TPSA) is 88.8 Å². The van der Waals surface area contributed by atoms with Crippen LogP contribution in [0.1, 0.15) is 5.56 Å². The number of nitrogens with zero attached hydrogens (tertiary/aromatic N) is 2. The summed E-state index contributed by atoms with van der Waals surface area (Å²) >= 11 is 5.07. The summed E-state index contributed by atoms with van der Waals surface area (Å²) in [5.41, 5.74) is -0.416. The van der Waals surface area contributed by atoms with Gasteiger partial charge in [0, 0.05) is 24.4 Å². The molecule has 0 atom stereocenters. The Kier molecular flexibility index (Phi) is 5.55. The molecule has 0 aliphatic carbocycles. The van der Waals surface area contributed by atoms with Crippen molar-refractivity contribution in [1.82, 2.24) is 9.55 Å². The molecule has 2 aromatic carbocycles. The van der Waals surface area contributed by atoms with Crippen LogP contribution in [0.4, 0.5) is 10.1 Å². The maximum atomic E-state index is 14.2. The molecule has 0 spiro atoms. The second kappa shape index (κ2) is 8.05. The van der Waals surface area contributed by atoms with Gasteiger partial charge >= 0.3 is 0 Å². The van der Waals surface area contributed by atoms with Crippen molar-refractivity contribution < 1.29 is 19.0 Å². The fraction of sp³-hybridized carbons (Fsp3) is 0.105. The van der Waals surface area contributed by atoms with Crippen LogP contribution in [0.2, 0.25) is 0 Å². The lowest BCUT2D eigenvalue weighted by Gasteiger charge is -2.11. The van der Waals surface area contributed by atoms with Crippen molar-refractivity contribution in [3.05, 3.63) is 69.0 Å². The molecule has 3 rings (SSSR count). The number of benzene rings is 2. The lowest BCUT2D eigenvalue weighted by Crippen LogP contribution is -2.18. The number of nitrogens with one attached hydrogen (secondary N) is 1. The number of methoxy groups -OCH3 is 2. The molecule has 7 nitrogen and oxygen atoms in total. The van der Waals surface area contributed by atoms with Gasteiger partial charge in [0.25, 0.3) is 5.56 Å². The second-order valence-corrected chi connectivity index (χ2v) is 6.00. The van der Waals surface area contributed by atoms with Gasteiger partial charge < -0.3 is 14.6 Å².